The summed E-state index contributed by atoms with van der Waals surface area (Å²) in [5.41, 5.74) is 6.96. The van der Waals surface area contributed by atoms with E-state index in [0.29, 0.717) is 16.6 Å². The van der Waals surface area contributed by atoms with Crippen LogP contribution in [-0.2, 0) is 0 Å². The second kappa shape index (κ2) is 6.66. The van der Waals surface area contributed by atoms with E-state index in [0.717, 1.165) is 18.4 Å². The second-order valence-electron chi connectivity index (χ2n) is 5.11. The number of carbonyl (C=O) groups is 1. The predicted octanol–water partition coefficient (Wildman–Crippen LogP) is 2.77. The third kappa shape index (κ3) is 4.03. The van der Waals surface area contributed by atoms with Crippen molar-refractivity contribution in [1.29, 1.82) is 0 Å². The van der Waals surface area contributed by atoms with Gasteiger partial charge < -0.3 is 11.1 Å². The first-order chi connectivity index (χ1) is 9.16. The van der Waals surface area contributed by atoms with E-state index in [1.807, 2.05) is 12.1 Å². The van der Waals surface area contributed by atoms with Crippen LogP contribution < -0.4 is 11.1 Å². The third-order valence-electron chi connectivity index (χ3n) is 3.60. The summed E-state index contributed by atoms with van der Waals surface area (Å²) in [6, 6.07) is 7.51. The van der Waals surface area contributed by atoms with Crippen molar-refractivity contribution in [1.82, 2.24) is 5.32 Å². The fourth-order valence-electron chi connectivity index (χ4n) is 2.51. The number of rotatable bonds is 3. The Labute approximate surface area is 119 Å². The number of thiocarbonyl (C=S) groups is 1. The molecule has 102 valence electrons. The molecule has 1 aliphatic carbocycles. The van der Waals surface area contributed by atoms with Crippen LogP contribution in [0.25, 0.3) is 0 Å². The summed E-state index contributed by atoms with van der Waals surface area (Å²) in [5, 5.41) is 3.12. The summed E-state index contributed by atoms with van der Waals surface area (Å²) in [6.45, 7) is 0. The molecule has 0 aliphatic heterocycles. The molecular formula is C15H20N2OS. The van der Waals surface area contributed by atoms with Crippen LogP contribution in [0.1, 0.15) is 54.4 Å². The molecule has 0 heterocycles. The lowest BCUT2D eigenvalue weighted by Crippen LogP contribution is -2.34. The SMILES string of the molecule is NC(=S)c1cccc(C(=O)NC2CCCCCC2)c1. The molecule has 2 rings (SSSR count). The molecular weight excluding hydrogens is 256 g/mol. The number of hydrogen-bond donors (Lipinski definition) is 2. The third-order valence-corrected chi connectivity index (χ3v) is 3.84. The van der Waals surface area contributed by atoms with Gasteiger partial charge in [0.1, 0.15) is 4.99 Å². The Balaban J connectivity index is 2.02. The summed E-state index contributed by atoms with van der Waals surface area (Å²) in [7, 11) is 0. The molecule has 0 unspecified atom stereocenters. The van der Waals surface area contributed by atoms with Gasteiger partial charge >= 0.3 is 0 Å². The summed E-state index contributed by atoms with van der Waals surface area (Å²) in [4.78, 5) is 12.5. The van der Waals surface area contributed by atoms with Gasteiger partial charge in [-0.3, -0.25) is 4.79 Å². The topological polar surface area (TPSA) is 55.1 Å². The lowest BCUT2D eigenvalue weighted by atomic mass is 10.1. The maximum absolute atomic E-state index is 12.2. The van der Waals surface area contributed by atoms with Crippen LogP contribution in [0.5, 0.6) is 0 Å². The quantitative estimate of drug-likeness (QED) is 0.659. The number of benzene rings is 1. The van der Waals surface area contributed by atoms with Crippen molar-refractivity contribution in [3.05, 3.63) is 35.4 Å². The largest absolute Gasteiger partial charge is 0.389 e. The minimum absolute atomic E-state index is 0.0231. The number of amides is 1. The molecule has 1 aromatic carbocycles. The van der Waals surface area contributed by atoms with Gasteiger partial charge in [-0.25, -0.2) is 0 Å². The second-order valence-corrected chi connectivity index (χ2v) is 5.55. The molecule has 0 aromatic heterocycles. The monoisotopic (exact) mass is 276 g/mol. The van der Waals surface area contributed by atoms with Crippen LogP contribution in [0.3, 0.4) is 0 Å². The summed E-state index contributed by atoms with van der Waals surface area (Å²) < 4.78 is 0. The fraction of sp³-hybridized carbons (Fsp3) is 0.467. The lowest BCUT2D eigenvalue weighted by Gasteiger charge is -2.16. The van der Waals surface area contributed by atoms with Crippen LogP contribution in [0, 0.1) is 0 Å². The van der Waals surface area contributed by atoms with Gasteiger partial charge in [-0.1, -0.05) is 50.0 Å². The predicted molar refractivity (Wildman–Crippen MR) is 81.3 cm³/mol. The fourth-order valence-corrected chi connectivity index (χ4v) is 2.63. The first-order valence-electron chi connectivity index (χ1n) is 6.87. The van der Waals surface area contributed by atoms with Gasteiger partial charge in [0.25, 0.3) is 5.91 Å². The van der Waals surface area contributed by atoms with Gasteiger partial charge in [-0.2, -0.15) is 0 Å². The zero-order valence-corrected chi connectivity index (χ0v) is 11.8. The molecule has 0 radical (unpaired) electrons. The summed E-state index contributed by atoms with van der Waals surface area (Å²) in [6.07, 6.45) is 7.14. The average molecular weight is 276 g/mol. The maximum atomic E-state index is 12.2. The minimum atomic E-state index is -0.0231. The highest BCUT2D eigenvalue weighted by Gasteiger charge is 2.16. The van der Waals surface area contributed by atoms with Crippen molar-refractivity contribution in [2.24, 2.45) is 5.73 Å². The van der Waals surface area contributed by atoms with Gasteiger partial charge in [0, 0.05) is 17.2 Å². The van der Waals surface area contributed by atoms with E-state index in [4.69, 9.17) is 18.0 Å². The molecule has 3 nitrogen and oxygen atoms in total. The van der Waals surface area contributed by atoms with Gasteiger partial charge in [-0.05, 0) is 25.0 Å². The Kier molecular flexibility index (Phi) is 4.91. The van der Waals surface area contributed by atoms with Crippen molar-refractivity contribution in [3.63, 3.8) is 0 Å². The number of hydrogen-bond acceptors (Lipinski definition) is 2. The Bertz CT molecular complexity index is 465. The van der Waals surface area contributed by atoms with Gasteiger partial charge in [0.2, 0.25) is 0 Å². The zero-order valence-electron chi connectivity index (χ0n) is 11.0. The molecule has 3 N–H and O–H groups in total. The zero-order chi connectivity index (χ0) is 13.7. The highest BCUT2D eigenvalue weighted by Crippen LogP contribution is 2.17. The number of nitrogens with one attached hydrogen (secondary N) is 1. The van der Waals surface area contributed by atoms with Crippen molar-refractivity contribution >= 4 is 23.1 Å². The normalized spacial score (nSPS) is 16.6. The van der Waals surface area contributed by atoms with E-state index < -0.39 is 0 Å². The molecule has 0 saturated heterocycles. The highest BCUT2D eigenvalue weighted by atomic mass is 32.1. The molecule has 1 amide bonds. The van der Waals surface area contributed by atoms with E-state index in [1.165, 1.54) is 25.7 Å². The first kappa shape index (κ1) is 14.0. The highest BCUT2D eigenvalue weighted by molar-refractivity contribution is 7.80. The van der Waals surface area contributed by atoms with Crippen LogP contribution in [0.4, 0.5) is 0 Å². The van der Waals surface area contributed by atoms with Crippen molar-refractivity contribution in [2.75, 3.05) is 0 Å². The van der Waals surface area contributed by atoms with E-state index >= 15 is 0 Å². The Morgan fingerprint density at radius 3 is 2.42 bits per heavy atom. The van der Waals surface area contributed by atoms with Crippen molar-refractivity contribution in [2.45, 2.75) is 44.6 Å². The van der Waals surface area contributed by atoms with Crippen LogP contribution in [0.2, 0.25) is 0 Å². The van der Waals surface area contributed by atoms with Gasteiger partial charge in [0.15, 0.2) is 0 Å². The van der Waals surface area contributed by atoms with Crippen molar-refractivity contribution < 1.29 is 4.79 Å². The summed E-state index contributed by atoms with van der Waals surface area (Å²) >= 11 is 4.93. The Hall–Kier alpha value is -1.42. The van der Waals surface area contributed by atoms with Crippen LogP contribution in [-0.4, -0.2) is 16.9 Å². The molecule has 1 saturated carbocycles. The molecule has 1 aliphatic rings. The number of carbonyl (C=O) groups excluding carboxylic acids is 1. The van der Waals surface area contributed by atoms with E-state index in [-0.39, 0.29) is 5.91 Å². The van der Waals surface area contributed by atoms with Gasteiger partial charge in [-0.15, -0.1) is 0 Å². The molecule has 19 heavy (non-hydrogen) atoms. The smallest absolute Gasteiger partial charge is 0.251 e. The standard InChI is InChI=1S/C15H20N2OS/c16-14(19)11-6-5-7-12(10-11)15(18)17-13-8-3-1-2-4-9-13/h5-7,10,13H,1-4,8-9H2,(H2,16,19)(H,17,18). The van der Waals surface area contributed by atoms with Crippen molar-refractivity contribution in [3.8, 4) is 0 Å². The lowest BCUT2D eigenvalue weighted by molar-refractivity contribution is 0.0933. The first-order valence-corrected chi connectivity index (χ1v) is 7.28. The maximum Gasteiger partial charge on any atom is 0.251 e. The Morgan fingerprint density at radius 1 is 1.16 bits per heavy atom. The number of nitrogens with two attached hydrogens (primary N) is 1. The molecule has 0 atom stereocenters. The molecule has 1 aromatic rings. The van der Waals surface area contributed by atoms with E-state index in [2.05, 4.69) is 5.32 Å². The summed E-state index contributed by atoms with van der Waals surface area (Å²) in [5.74, 6) is -0.0231. The Morgan fingerprint density at radius 2 is 1.79 bits per heavy atom. The van der Waals surface area contributed by atoms with E-state index in [1.54, 1.807) is 12.1 Å². The van der Waals surface area contributed by atoms with Crippen LogP contribution >= 0.6 is 12.2 Å². The van der Waals surface area contributed by atoms with E-state index in [9.17, 15) is 4.79 Å². The molecule has 0 spiro atoms. The molecule has 1 fully saturated rings. The molecule has 4 heteroatoms. The van der Waals surface area contributed by atoms with Crippen LogP contribution in [0.15, 0.2) is 24.3 Å². The van der Waals surface area contributed by atoms with Gasteiger partial charge in [0.05, 0.1) is 0 Å². The molecule has 0 bridgehead atoms. The minimum Gasteiger partial charge on any atom is -0.389 e. The average Bonchev–Trinajstić information content (AvgIpc) is 2.67.